The molecule has 1 aliphatic heterocycles. The predicted octanol–water partition coefficient (Wildman–Crippen LogP) is 1.94. The Labute approximate surface area is 124 Å². The average Bonchev–Trinajstić information content (AvgIpc) is 2.41. The summed E-state index contributed by atoms with van der Waals surface area (Å²) in [6, 6.07) is 0. The molecule has 6 heteroatoms. The van der Waals surface area contributed by atoms with Crippen molar-refractivity contribution in [3.8, 4) is 0 Å². The zero-order valence-electron chi connectivity index (χ0n) is 12.8. The van der Waals surface area contributed by atoms with Gasteiger partial charge in [-0.2, -0.15) is 0 Å². The highest BCUT2D eigenvalue weighted by Gasteiger charge is 2.27. The Balaban J connectivity index is 2.37. The van der Waals surface area contributed by atoms with Gasteiger partial charge in [0, 0.05) is 58.0 Å². The van der Waals surface area contributed by atoms with Crippen molar-refractivity contribution in [3.05, 3.63) is 44.9 Å². The maximum absolute atomic E-state index is 11.4. The van der Waals surface area contributed by atoms with Crippen LogP contribution in [0, 0.1) is 10.1 Å². The number of carbonyl (C=O) groups is 1. The fourth-order valence-electron chi connectivity index (χ4n) is 2.71. The van der Waals surface area contributed by atoms with Crippen LogP contribution in [0.2, 0.25) is 0 Å². The summed E-state index contributed by atoms with van der Waals surface area (Å²) in [4.78, 5) is 26.2. The first kappa shape index (κ1) is 15.3. The summed E-state index contributed by atoms with van der Waals surface area (Å²) >= 11 is 0. The highest BCUT2D eigenvalue weighted by Crippen LogP contribution is 2.32. The topological polar surface area (TPSA) is 66.7 Å². The molecule has 1 saturated heterocycles. The molecule has 0 bridgehead atoms. The maximum Gasteiger partial charge on any atom is 0.252 e. The normalized spacial score (nSPS) is 21.7. The minimum Gasteiger partial charge on any atom is -0.383 e. The molecule has 1 fully saturated rings. The lowest BCUT2D eigenvalue weighted by molar-refractivity contribution is -0.427. The van der Waals surface area contributed by atoms with E-state index in [1.54, 1.807) is 6.08 Å². The number of likely N-dealkylation sites (tertiary alicyclic amines) is 1. The van der Waals surface area contributed by atoms with Crippen molar-refractivity contribution in [1.82, 2.24) is 9.80 Å². The largest absolute Gasteiger partial charge is 0.383 e. The Kier molecular flexibility index (Phi) is 4.45. The van der Waals surface area contributed by atoms with Gasteiger partial charge in [0.05, 0.1) is 11.3 Å². The number of nitro groups is 1. The third kappa shape index (κ3) is 3.51. The third-order valence-corrected chi connectivity index (χ3v) is 3.85. The summed E-state index contributed by atoms with van der Waals surface area (Å²) in [6.45, 7) is 3.28. The van der Waals surface area contributed by atoms with Crippen LogP contribution in [0.4, 0.5) is 0 Å². The van der Waals surface area contributed by atoms with Crippen LogP contribution in [0.5, 0.6) is 0 Å². The Morgan fingerprint density at radius 1 is 1.33 bits per heavy atom. The van der Waals surface area contributed by atoms with Crippen LogP contribution in [0.3, 0.4) is 0 Å². The zero-order chi connectivity index (χ0) is 15.6. The summed E-state index contributed by atoms with van der Waals surface area (Å²) in [5, 5.41) is 11.2. The molecule has 0 aromatic heterocycles. The van der Waals surface area contributed by atoms with Gasteiger partial charge in [-0.3, -0.25) is 14.9 Å². The molecule has 0 saturated carbocycles. The van der Waals surface area contributed by atoms with Gasteiger partial charge in [-0.05, 0) is 18.1 Å². The first-order valence-electron chi connectivity index (χ1n) is 7.08. The van der Waals surface area contributed by atoms with Crippen LogP contribution >= 0.6 is 0 Å². The molecule has 21 heavy (non-hydrogen) atoms. The fraction of sp³-hybridized carbons (Fsp3) is 0.533. The molecule has 1 aliphatic carbocycles. The number of piperidine rings is 1. The number of allylic oxidation sites excluding steroid dienone is 3. The smallest absolute Gasteiger partial charge is 0.252 e. The molecule has 0 aromatic rings. The highest BCUT2D eigenvalue weighted by atomic mass is 16.6. The number of ketones is 1. The molecule has 0 radical (unpaired) electrons. The van der Waals surface area contributed by atoms with Crippen molar-refractivity contribution in [1.29, 1.82) is 0 Å². The van der Waals surface area contributed by atoms with Crippen LogP contribution < -0.4 is 0 Å². The number of Topliss-reactive ketones (excluding diaryl/α,β-unsaturated/α-hetero) is 1. The van der Waals surface area contributed by atoms with E-state index in [9.17, 15) is 14.9 Å². The van der Waals surface area contributed by atoms with Crippen LogP contribution in [-0.4, -0.2) is 47.7 Å². The van der Waals surface area contributed by atoms with Gasteiger partial charge in [0.1, 0.15) is 5.78 Å². The molecular weight excluding hydrogens is 270 g/mol. The van der Waals surface area contributed by atoms with E-state index in [1.807, 2.05) is 32.1 Å². The van der Waals surface area contributed by atoms with Crippen molar-refractivity contribution in [3.63, 3.8) is 0 Å². The summed E-state index contributed by atoms with van der Waals surface area (Å²) < 4.78 is 0. The second-order valence-corrected chi connectivity index (χ2v) is 5.72. The molecule has 2 rings (SSSR count). The van der Waals surface area contributed by atoms with E-state index >= 15 is 0 Å². The van der Waals surface area contributed by atoms with Crippen LogP contribution in [0.25, 0.3) is 0 Å². The minimum absolute atomic E-state index is 0.209. The molecule has 6 nitrogen and oxygen atoms in total. The monoisotopic (exact) mass is 291 g/mol. The highest BCUT2D eigenvalue weighted by molar-refractivity contribution is 5.79. The molecule has 114 valence electrons. The van der Waals surface area contributed by atoms with Gasteiger partial charge in [0.15, 0.2) is 0 Å². The first-order chi connectivity index (χ1) is 9.88. The van der Waals surface area contributed by atoms with Crippen molar-refractivity contribution in [2.75, 3.05) is 27.2 Å². The molecule has 2 aliphatic rings. The zero-order valence-corrected chi connectivity index (χ0v) is 12.8. The Morgan fingerprint density at radius 3 is 2.48 bits per heavy atom. The van der Waals surface area contributed by atoms with E-state index in [1.165, 1.54) is 0 Å². The van der Waals surface area contributed by atoms with Crippen LogP contribution in [0.1, 0.15) is 26.2 Å². The molecule has 0 atom stereocenters. The molecule has 1 heterocycles. The lowest BCUT2D eigenvalue weighted by Crippen LogP contribution is -2.34. The summed E-state index contributed by atoms with van der Waals surface area (Å²) in [5.74, 6) is 0.267. The van der Waals surface area contributed by atoms with Gasteiger partial charge in [-0.25, -0.2) is 0 Å². The van der Waals surface area contributed by atoms with Crippen molar-refractivity contribution in [2.24, 2.45) is 0 Å². The molecule has 0 unspecified atom stereocenters. The summed E-state index contributed by atoms with van der Waals surface area (Å²) in [7, 11) is 3.81. The average molecular weight is 291 g/mol. The molecule has 0 amide bonds. The van der Waals surface area contributed by atoms with E-state index in [-0.39, 0.29) is 16.4 Å². The van der Waals surface area contributed by atoms with Crippen molar-refractivity contribution >= 4 is 5.78 Å². The Hall–Kier alpha value is -2.11. The van der Waals surface area contributed by atoms with Gasteiger partial charge in [0.25, 0.3) is 5.70 Å². The van der Waals surface area contributed by atoms with Gasteiger partial charge >= 0.3 is 0 Å². The van der Waals surface area contributed by atoms with E-state index < -0.39 is 0 Å². The molecule has 0 aromatic carbocycles. The van der Waals surface area contributed by atoms with Crippen molar-refractivity contribution in [2.45, 2.75) is 26.2 Å². The summed E-state index contributed by atoms with van der Waals surface area (Å²) in [5.41, 5.74) is 3.11. The predicted molar refractivity (Wildman–Crippen MR) is 80.0 cm³/mol. The Morgan fingerprint density at radius 2 is 1.95 bits per heavy atom. The third-order valence-electron chi connectivity index (χ3n) is 3.85. The standard InChI is InChI=1S/C15H21N3O3/c1-11-12(10-16(2)3)8-13(18(20)21)9-15(11)17-6-4-14(19)5-7-17/h9-10H,4-8H2,1-3H3. The van der Waals surface area contributed by atoms with Gasteiger partial charge in [-0.1, -0.05) is 0 Å². The lowest BCUT2D eigenvalue weighted by atomic mass is 9.94. The van der Waals surface area contributed by atoms with Gasteiger partial charge < -0.3 is 9.80 Å². The van der Waals surface area contributed by atoms with E-state index in [0.717, 1.165) is 16.8 Å². The van der Waals surface area contributed by atoms with E-state index in [0.29, 0.717) is 32.4 Å². The van der Waals surface area contributed by atoms with Crippen LogP contribution in [-0.2, 0) is 4.79 Å². The van der Waals surface area contributed by atoms with Gasteiger partial charge in [0.2, 0.25) is 0 Å². The molecular formula is C15H21N3O3. The second kappa shape index (κ2) is 6.11. The number of nitrogens with zero attached hydrogens (tertiary/aromatic N) is 3. The van der Waals surface area contributed by atoms with Crippen molar-refractivity contribution < 1.29 is 9.72 Å². The van der Waals surface area contributed by atoms with Crippen LogP contribution in [0.15, 0.2) is 34.8 Å². The molecule has 0 N–H and O–H groups in total. The fourth-order valence-corrected chi connectivity index (χ4v) is 2.71. The van der Waals surface area contributed by atoms with E-state index in [2.05, 4.69) is 4.90 Å². The first-order valence-corrected chi connectivity index (χ1v) is 7.08. The Bertz CT molecular complexity index is 549. The van der Waals surface area contributed by atoms with Gasteiger partial charge in [-0.15, -0.1) is 0 Å². The van der Waals surface area contributed by atoms with E-state index in [4.69, 9.17) is 0 Å². The maximum atomic E-state index is 11.4. The lowest BCUT2D eigenvalue weighted by Gasteiger charge is -2.32. The number of hydrogen-bond donors (Lipinski definition) is 0. The second-order valence-electron chi connectivity index (χ2n) is 5.72. The minimum atomic E-state index is -0.314. The number of hydrogen-bond acceptors (Lipinski definition) is 5. The number of rotatable bonds is 3. The molecule has 0 spiro atoms. The quantitative estimate of drug-likeness (QED) is 0.587. The SMILES string of the molecule is CC1=C(N2CCC(=O)CC2)C=C([N+](=O)[O-])CC1=CN(C)C. The number of carbonyl (C=O) groups excluding carboxylic acids is 1. The summed E-state index contributed by atoms with van der Waals surface area (Å²) in [6.07, 6.45) is 4.97.